The quantitative estimate of drug-likeness (QED) is 0.391. The smallest absolute Gasteiger partial charge is 0.336 e. The Kier molecular flexibility index (Phi) is 8.07. The lowest BCUT2D eigenvalue weighted by molar-refractivity contribution is -0.130. The summed E-state index contributed by atoms with van der Waals surface area (Å²) < 4.78 is 0. The second-order valence-corrected chi connectivity index (χ2v) is 6.31. The van der Waals surface area contributed by atoms with Crippen LogP contribution in [0.5, 0.6) is 0 Å². The van der Waals surface area contributed by atoms with Crippen molar-refractivity contribution < 1.29 is 9.90 Å². The van der Waals surface area contributed by atoms with Crippen LogP contribution in [0.3, 0.4) is 0 Å². The molecule has 22 heavy (non-hydrogen) atoms. The van der Waals surface area contributed by atoms with Gasteiger partial charge in [0.05, 0.1) is 5.57 Å². The molecule has 0 aliphatic heterocycles. The van der Waals surface area contributed by atoms with Gasteiger partial charge in [0.15, 0.2) is 0 Å². The molecule has 1 aromatic carbocycles. The molecule has 0 aromatic heterocycles. The number of rotatable bonds is 7. The maximum atomic E-state index is 11.6. The normalized spacial score (nSPS) is 13.4. The zero-order chi connectivity index (χ0) is 16.5. The van der Waals surface area contributed by atoms with Crippen LogP contribution in [0.15, 0.2) is 58.0 Å². The first-order valence-corrected chi connectivity index (χ1v) is 8.70. The van der Waals surface area contributed by atoms with E-state index >= 15 is 0 Å². The lowest BCUT2D eigenvalue weighted by Crippen LogP contribution is -2.00. The average molecular weight is 337 g/mol. The minimum atomic E-state index is -0.925. The second-order valence-electron chi connectivity index (χ2n) is 4.84. The summed E-state index contributed by atoms with van der Waals surface area (Å²) in [4.78, 5) is 12.7. The minimum Gasteiger partial charge on any atom is -0.478 e. The maximum absolute atomic E-state index is 11.6. The van der Waals surface area contributed by atoms with E-state index in [2.05, 4.69) is 6.92 Å². The Balaban J connectivity index is 3.22. The monoisotopic (exact) mass is 336 g/mol. The van der Waals surface area contributed by atoms with Gasteiger partial charge in [-0.3, -0.25) is 0 Å². The Morgan fingerprint density at radius 3 is 2.36 bits per heavy atom. The van der Waals surface area contributed by atoms with Crippen LogP contribution in [0.4, 0.5) is 0 Å². The van der Waals surface area contributed by atoms with Gasteiger partial charge in [0.1, 0.15) is 0 Å². The molecule has 0 fully saturated rings. The van der Waals surface area contributed by atoms with E-state index in [-0.39, 0.29) is 0 Å². The summed E-state index contributed by atoms with van der Waals surface area (Å²) in [5.74, 6) is -0.925. The van der Waals surface area contributed by atoms with Crippen molar-refractivity contribution in [3.63, 3.8) is 0 Å². The Morgan fingerprint density at radius 1 is 1.27 bits per heavy atom. The van der Waals surface area contributed by atoms with Crippen molar-refractivity contribution >= 4 is 34.9 Å². The van der Waals surface area contributed by atoms with Crippen molar-refractivity contribution in [2.45, 2.75) is 31.6 Å². The summed E-state index contributed by atoms with van der Waals surface area (Å²) in [6, 6.07) is 7.56. The van der Waals surface area contributed by atoms with Gasteiger partial charge in [-0.15, -0.1) is 11.8 Å². The van der Waals surface area contributed by atoms with Gasteiger partial charge in [-0.25, -0.2) is 4.79 Å². The number of hydrogen-bond donors (Lipinski definition) is 1. The fraction of sp³-hybridized carbons (Fsp3) is 0.278. The first kappa shape index (κ1) is 18.6. The van der Waals surface area contributed by atoms with Crippen molar-refractivity contribution in [3.05, 3.63) is 58.7 Å². The van der Waals surface area contributed by atoms with Crippen LogP contribution in [-0.4, -0.2) is 17.3 Å². The van der Waals surface area contributed by atoms with E-state index in [1.165, 1.54) is 0 Å². The zero-order valence-electron chi connectivity index (χ0n) is 13.1. The van der Waals surface area contributed by atoms with Gasteiger partial charge < -0.3 is 5.11 Å². The summed E-state index contributed by atoms with van der Waals surface area (Å²) in [6.07, 6.45) is 9.14. The fourth-order valence-electron chi connectivity index (χ4n) is 1.94. The van der Waals surface area contributed by atoms with Crippen LogP contribution >= 0.6 is 23.4 Å². The SMILES string of the molecule is CCCC(=C\C=C(/C)Cl)/C=C(/C(=O)O)c1ccc(SC)cc1. The van der Waals surface area contributed by atoms with Gasteiger partial charge >= 0.3 is 5.97 Å². The molecule has 1 aromatic rings. The summed E-state index contributed by atoms with van der Waals surface area (Å²) in [6.45, 7) is 3.86. The predicted octanol–water partition coefficient (Wildman–Crippen LogP) is 5.75. The van der Waals surface area contributed by atoms with Crippen molar-refractivity contribution in [1.82, 2.24) is 0 Å². The maximum Gasteiger partial charge on any atom is 0.336 e. The molecule has 0 bridgehead atoms. The van der Waals surface area contributed by atoms with Gasteiger partial charge in [0, 0.05) is 9.93 Å². The number of halogens is 1. The minimum absolute atomic E-state index is 0.299. The first-order chi connectivity index (χ1) is 10.5. The van der Waals surface area contributed by atoms with Crippen LogP contribution in [0.2, 0.25) is 0 Å². The zero-order valence-corrected chi connectivity index (χ0v) is 14.7. The van der Waals surface area contributed by atoms with Crippen molar-refractivity contribution in [2.24, 2.45) is 0 Å². The second kappa shape index (κ2) is 9.54. The highest BCUT2D eigenvalue weighted by molar-refractivity contribution is 7.98. The highest BCUT2D eigenvalue weighted by Gasteiger charge is 2.11. The molecule has 0 aliphatic carbocycles. The molecule has 0 amide bonds. The number of allylic oxidation sites excluding steroid dienone is 5. The fourth-order valence-corrected chi connectivity index (χ4v) is 2.41. The van der Waals surface area contributed by atoms with E-state index in [0.717, 1.165) is 23.3 Å². The third-order valence-electron chi connectivity index (χ3n) is 3.03. The molecular weight excluding hydrogens is 316 g/mol. The van der Waals surface area contributed by atoms with Crippen molar-refractivity contribution in [1.29, 1.82) is 0 Å². The molecular formula is C18H21ClO2S. The average Bonchev–Trinajstić information content (AvgIpc) is 2.49. The van der Waals surface area contributed by atoms with Gasteiger partial charge in [0.2, 0.25) is 0 Å². The van der Waals surface area contributed by atoms with Crippen LogP contribution in [-0.2, 0) is 4.79 Å². The van der Waals surface area contributed by atoms with Gasteiger partial charge in [-0.2, -0.15) is 0 Å². The summed E-state index contributed by atoms with van der Waals surface area (Å²) in [5.41, 5.74) is 1.96. The van der Waals surface area contributed by atoms with Crippen LogP contribution in [0.1, 0.15) is 32.3 Å². The number of thioether (sulfide) groups is 1. The molecule has 1 N–H and O–H groups in total. The molecule has 0 aliphatic rings. The van der Waals surface area contributed by atoms with Gasteiger partial charge in [-0.1, -0.05) is 43.2 Å². The van der Waals surface area contributed by atoms with Crippen molar-refractivity contribution in [2.75, 3.05) is 6.26 Å². The Morgan fingerprint density at radius 2 is 1.91 bits per heavy atom. The van der Waals surface area contributed by atoms with E-state index in [1.807, 2.05) is 36.6 Å². The molecule has 0 saturated heterocycles. The van der Waals surface area contributed by atoms with E-state index in [1.54, 1.807) is 30.8 Å². The number of carboxylic acids is 1. The number of carbonyl (C=O) groups is 1. The first-order valence-electron chi connectivity index (χ1n) is 7.10. The standard InChI is InChI=1S/C18H21ClO2S/c1-4-5-14(7-6-13(2)19)12-17(18(20)21)15-8-10-16(22-3)11-9-15/h6-12H,4-5H2,1-3H3,(H,20,21)/b13-6+,14-7+,17-12+. The molecule has 2 nitrogen and oxygen atoms in total. The Bertz CT molecular complexity index is 594. The number of hydrogen-bond acceptors (Lipinski definition) is 2. The summed E-state index contributed by atoms with van der Waals surface area (Å²) in [5, 5.41) is 10.2. The summed E-state index contributed by atoms with van der Waals surface area (Å²) in [7, 11) is 0. The molecule has 0 atom stereocenters. The van der Waals surface area contributed by atoms with Gasteiger partial charge in [0.25, 0.3) is 0 Å². The molecule has 0 heterocycles. The molecule has 0 radical (unpaired) electrons. The molecule has 0 spiro atoms. The van der Waals surface area contributed by atoms with E-state index in [0.29, 0.717) is 16.2 Å². The largest absolute Gasteiger partial charge is 0.478 e. The highest BCUT2D eigenvalue weighted by Crippen LogP contribution is 2.23. The number of carboxylic acid groups (broad SMARTS) is 1. The Hall–Kier alpha value is -1.45. The lowest BCUT2D eigenvalue weighted by atomic mass is 10.0. The highest BCUT2D eigenvalue weighted by atomic mass is 35.5. The van der Waals surface area contributed by atoms with Crippen LogP contribution < -0.4 is 0 Å². The molecule has 118 valence electrons. The Labute approximate surface area is 141 Å². The molecule has 1 rings (SSSR count). The third-order valence-corrected chi connectivity index (χ3v) is 3.90. The topological polar surface area (TPSA) is 37.3 Å². The molecule has 4 heteroatoms. The predicted molar refractivity (Wildman–Crippen MR) is 96.4 cm³/mol. The van der Waals surface area contributed by atoms with Gasteiger partial charge in [-0.05, 0) is 55.0 Å². The van der Waals surface area contributed by atoms with Crippen LogP contribution in [0.25, 0.3) is 5.57 Å². The van der Waals surface area contributed by atoms with E-state index in [4.69, 9.17) is 11.6 Å². The summed E-state index contributed by atoms with van der Waals surface area (Å²) >= 11 is 7.48. The number of benzene rings is 1. The van der Waals surface area contributed by atoms with E-state index in [9.17, 15) is 9.90 Å². The number of aliphatic carboxylic acids is 1. The third kappa shape index (κ3) is 6.12. The van der Waals surface area contributed by atoms with Crippen molar-refractivity contribution in [3.8, 4) is 0 Å². The van der Waals surface area contributed by atoms with Crippen LogP contribution in [0, 0.1) is 0 Å². The molecule has 0 saturated carbocycles. The molecule has 0 unspecified atom stereocenters. The van der Waals surface area contributed by atoms with E-state index < -0.39 is 5.97 Å². The lowest BCUT2D eigenvalue weighted by Gasteiger charge is -2.06.